The fourth-order valence-electron chi connectivity index (χ4n) is 1.76. The Balaban J connectivity index is 1.84. The molecule has 1 heterocycles. The molecule has 1 aliphatic heterocycles. The van der Waals surface area contributed by atoms with E-state index < -0.39 is 0 Å². The molecule has 2 nitrogen and oxygen atoms in total. The largest absolute Gasteiger partial charge is 0.508 e. The molecule has 2 rings (SSSR count). The first-order chi connectivity index (χ1) is 6.78. The Morgan fingerprint density at radius 1 is 1.29 bits per heavy atom. The van der Waals surface area contributed by atoms with Crippen molar-refractivity contribution in [3.63, 3.8) is 0 Å². The number of phenols is 1. The molecule has 1 N–H and O–H groups in total. The average molecular weight is 256 g/mol. The lowest BCUT2D eigenvalue weighted by Gasteiger charge is -2.38. The molecule has 0 unspecified atom stereocenters. The molecule has 0 aliphatic carbocycles. The number of hydrogen-bond acceptors (Lipinski definition) is 2. The zero-order valence-corrected chi connectivity index (χ0v) is 9.57. The molecular formula is C11H14BrNO. The van der Waals surface area contributed by atoms with Crippen molar-refractivity contribution in [2.45, 2.75) is 6.54 Å². The first kappa shape index (κ1) is 9.99. The predicted octanol–water partition coefficient (Wildman–Crippen LogP) is 2.22. The van der Waals surface area contributed by atoms with Crippen molar-refractivity contribution in [3.05, 3.63) is 29.8 Å². The number of phenolic OH excluding ortho intramolecular Hbond substituents is 1. The Bertz CT molecular complexity index is 293. The molecule has 14 heavy (non-hydrogen) atoms. The van der Waals surface area contributed by atoms with Crippen molar-refractivity contribution in [2.24, 2.45) is 5.92 Å². The molecule has 0 aromatic heterocycles. The minimum atomic E-state index is 0.343. The third-order valence-corrected chi connectivity index (χ3v) is 3.51. The van der Waals surface area contributed by atoms with Crippen LogP contribution < -0.4 is 0 Å². The van der Waals surface area contributed by atoms with Crippen LogP contribution in [0.4, 0.5) is 0 Å². The fraction of sp³-hybridized carbons (Fsp3) is 0.455. The van der Waals surface area contributed by atoms with E-state index in [1.165, 1.54) is 18.7 Å². The van der Waals surface area contributed by atoms with Crippen molar-refractivity contribution in [1.29, 1.82) is 0 Å². The van der Waals surface area contributed by atoms with Crippen molar-refractivity contribution in [3.8, 4) is 5.75 Å². The number of hydrogen-bond donors (Lipinski definition) is 1. The molecule has 1 aromatic rings. The van der Waals surface area contributed by atoms with Crippen LogP contribution in [-0.2, 0) is 6.54 Å². The van der Waals surface area contributed by atoms with Crippen LogP contribution >= 0.6 is 15.9 Å². The van der Waals surface area contributed by atoms with Gasteiger partial charge in [0.1, 0.15) is 5.75 Å². The maximum atomic E-state index is 9.12. The SMILES string of the molecule is Oc1ccc(CN2CC(CBr)C2)cc1. The van der Waals surface area contributed by atoms with Crippen molar-refractivity contribution in [2.75, 3.05) is 18.4 Å². The van der Waals surface area contributed by atoms with Crippen LogP contribution in [0.1, 0.15) is 5.56 Å². The monoisotopic (exact) mass is 255 g/mol. The Morgan fingerprint density at radius 2 is 1.93 bits per heavy atom. The minimum Gasteiger partial charge on any atom is -0.508 e. The van der Waals surface area contributed by atoms with Gasteiger partial charge in [-0.25, -0.2) is 0 Å². The summed E-state index contributed by atoms with van der Waals surface area (Å²) in [7, 11) is 0. The van der Waals surface area contributed by atoms with Gasteiger partial charge in [-0.3, -0.25) is 4.90 Å². The normalized spacial score (nSPS) is 18.1. The summed E-state index contributed by atoms with van der Waals surface area (Å²) in [6, 6.07) is 7.46. The highest BCUT2D eigenvalue weighted by Crippen LogP contribution is 2.20. The summed E-state index contributed by atoms with van der Waals surface area (Å²) < 4.78 is 0. The maximum absolute atomic E-state index is 9.12. The first-order valence-corrected chi connectivity index (χ1v) is 5.96. The van der Waals surface area contributed by atoms with Crippen LogP contribution in [0.2, 0.25) is 0 Å². The molecular weight excluding hydrogens is 242 g/mol. The molecule has 1 fully saturated rings. The lowest BCUT2D eigenvalue weighted by atomic mass is 10.0. The minimum absolute atomic E-state index is 0.343. The molecule has 0 spiro atoms. The van der Waals surface area contributed by atoms with Crippen LogP contribution in [-0.4, -0.2) is 28.4 Å². The molecule has 76 valence electrons. The highest BCUT2D eigenvalue weighted by Gasteiger charge is 2.24. The Hall–Kier alpha value is -0.540. The Kier molecular flexibility index (Phi) is 3.08. The van der Waals surface area contributed by atoms with Gasteiger partial charge in [0.25, 0.3) is 0 Å². The molecule has 0 saturated carbocycles. The van der Waals surface area contributed by atoms with E-state index in [1.54, 1.807) is 12.1 Å². The van der Waals surface area contributed by atoms with Gasteiger partial charge in [0.05, 0.1) is 0 Å². The second-order valence-electron chi connectivity index (χ2n) is 3.88. The number of likely N-dealkylation sites (tertiary alicyclic amines) is 1. The van der Waals surface area contributed by atoms with Gasteiger partial charge in [-0.05, 0) is 23.6 Å². The number of benzene rings is 1. The van der Waals surface area contributed by atoms with Crippen molar-refractivity contribution in [1.82, 2.24) is 4.90 Å². The summed E-state index contributed by atoms with van der Waals surface area (Å²) in [5, 5.41) is 10.2. The summed E-state index contributed by atoms with van der Waals surface area (Å²) in [5.74, 6) is 1.17. The third-order valence-electron chi connectivity index (χ3n) is 2.59. The van der Waals surface area contributed by atoms with E-state index in [0.717, 1.165) is 17.8 Å². The lowest BCUT2D eigenvalue weighted by Crippen LogP contribution is -2.46. The van der Waals surface area contributed by atoms with Crippen molar-refractivity contribution >= 4 is 15.9 Å². The highest BCUT2D eigenvalue weighted by molar-refractivity contribution is 9.09. The summed E-state index contributed by atoms with van der Waals surface area (Å²) in [5.41, 5.74) is 1.27. The maximum Gasteiger partial charge on any atom is 0.115 e. The highest BCUT2D eigenvalue weighted by atomic mass is 79.9. The van der Waals surface area contributed by atoms with Gasteiger partial charge < -0.3 is 5.11 Å². The number of alkyl halides is 1. The van der Waals surface area contributed by atoms with Gasteiger partial charge in [-0.1, -0.05) is 28.1 Å². The zero-order valence-electron chi connectivity index (χ0n) is 7.99. The number of aromatic hydroxyl groups is 1. The van der Waals surface area contributed by atoms with E-state index in [4.69, 9.17) is 5.11 Å². The molecule has 0 radical (unpaired) electrons. The Labute approximate surface area is 92.7 Å². The third kappa shape index (κ3) is 2.28. The Morgan fingerprint density at radius 3 is 2.50 bits per heavy atom. The first-order valence-electron chi connectivity index (χ1n) is 4.84. The topological polar surface area (TPSA) is 23.5 Å². The fourth-order valence-corrected chi connectivity index (χ4v) is 2.17. The predicted molar refractivity (Wildman–Crippen MR) is 60.7 cm³/mol. The van der Waals surface area contributed by atoms with E-state index >= 15 is 0 Å². The molecule has 0 bridgehead atoms. The summed E-state index contributed by atoms with van der Waals surface area (Å²) >= 11 is 3.49. The van der Waals surface area contributed by atoms with Gasteiger partial charge in [-0.15, -0.1) is 0 Å². The summed E-state index contributed by atoms with van der Waals surface area (Å²) in [4.78, 5) is 2.41. The second kappa shape index (κ2) is 4.32. The van der Waals surface area contributed by atoms with Crippen LogP contribution in [0.5, 0.6) is 5.75 Å². The quantitative estimate of drug-likeness (QED) is 0.838. The smallest absolute Gasteiger partial charge is 0.115 e. The van der Waals surface area contributed by atoms with Crippen LogP contribution in [0.3, 0.4) is 0 Å². The van der Waals surface area contributed by atoms with Crippen LogP contribution in [0.25, 0.3) is 0 Å². The summed E-state index contributed by atoms with van der Waals surface area (Å²) in [6.07, 6.45) is 0. The average Bonchev–Trinajstić information content (AvgIpc) is 2.13. The van der Waals surface area contributed by atoms with E-state index in [1.807, 2.05) is 12.1 Å². The van der Waals surface area contributed by atoms with Crippen molar-refractivity contribution < 1.29 is 5.11 Å². The molecule has 1 aromatic carbocycles. The van der Waals surface area contributed by atoms with Gasteiger partial charge >= 0.3 is 0 Å². The van der Waals surface area contributed by atoms with E-state index in [2.05, 4.69) is 20.8 Å². The van der Waals surface area contributed by atoms with Crippen LogP contribution in [0.15, 0.2) is 24.3 Å². The lowest BCUT2D eigenvalue weighted by molar-refractivity contribution is 0.108. The van der Waals surface area contributed by atoms with Crippen LogP contribution in [0, 0.1) is 5.92 Å². The van der Waals surface area contributed by atoms with Gasteiger partial charge in [0.15, 0.2) is 0 Å². The molecule has 3 heteroatoms. The summed E-state index contributed by atoms with van der Waals surface area (Å²) in [6.45, 7) is 3.38. The molecule has 1 aliphatic rings. The second-order valence-corrected chi connectivity index (χ2v) is 4.53. The van der Waals surface area contributed by atoms with Gasteiger partial charge in [0, 0.05) is 25.0 Å². The van der Waals surface area contributed by atoms with E-state index in [0.29, 0.717) is 5.75 Å². The number of rotatable bonds is 3. The molecule has 0 atom stereocenters. The number of nitrogens with zero attached hydrogens (tertiary/aromatic N) is 1. The zero-order chi connectivity index (χ0) is 9.97. The van der Waals surface area contributed by atoms with E-state index in [9.17, 15) is 0 Å². The van der Waals surface area contributed by atoms with Gasteiger partial charge in [0.2, 0.25) is 0 Å². The molecule has 1 saturated heterocycles. The van der Waals surface area contributed by atoms with E-state index in [-0.39, 0.29) is 0 Å². The van der Waals surface area contributed by atoms with Gasteiger partial charge in [-0.2, -0.15) is 0 Å². The number of halogens is 1. The molecule has 0 amide bonds. The standard InChI is InChI=1S/C11H14BrNO/c12-5-10-7-13(8-10)6-9-1-3-11(14)4-2-9/h1-4,10,14H,5-8H2.